The second kappa shape index (κ2) is 10.6. The van der Waals surface area contributed by atoms with Crippen molar-refractivity contribution in [2.75, 3.05) is 18.5 Å². The molecule has 3 N–H and O–H groups in total. The van der Waals surface area contributed by atoms with E-state index < -0.39 is 30.5 Å². The highest BCUT2D eigenvalue weighted by Gasteiger charge is 2.43. The monoisotopic (exact) mass is 483 g/mol. The Bertz CT molecular complexity index is 1220. The molecule has 184 valence electrons. The lowest BCUT2D eigenvalue weighted by molar-refractivity contribution is -0.210. The Labute approximate surface area is 200 Å². The Morgan fingerprint density at radius 2 is 2.06 bits per heavy atom. The first kappa shape index (κ1) is 24.3. The van der Waals surface area contributed by atoms with E-state index in [0.717, 1.165) is 0 Å². The van der Waals surface area contributed by atoms with E-state index in [-0.39, 0.29) is 54.1 Å². The number of ether oxygens (including phenoxy) is 3. The molecule has 1 amide bonds. The molecule has 0 radical (unpaired) electrons. The van der Waals surface area contributed by atoms with Gasteiger partial charge in [0, 0.05) is 6.42 Å². The lowest BCUT2D eigenvalue weighted by Crippen LogP contribution is -2.52. The van der Waals surface area contributed by atoms with Gasteiger partial charge >= 0.3 is 5.97 Å². The molecule has 1 aliphatic rings. The lowest BCUT2D eigenvalue weighted by atomic mass is 10.0. The molecular weight excluding hydrogens is 458 g/mol. The number of esters is 1. The second-order valence-electron chi connectivity index (χ2n) is 7.70. The third-order valence-electron chi connectivity index (χ3n) is 5.27. The molecule has 4 unspecified atom stereocenters. The van der Waals surface area contributed by atoms with Gasteiger partial charge < -0.3 is 24.4 Å². The van der Waals surface area contributed by atoms with Crippen LogP contribution in [0.5, 0.6) is 5.88 Å². The van der Waals surface area contributed by atoms with Crippen LogP contribution in [-0.2, 0) is 14.3 Å². The SMILES string of the molecule is C=CCOc1nc(NC(=O)CC)nc2c1ncn2C1OCC(O)C(OC(=O)c2ccccc2)C1O. The van der Waals surface area contributed by atoms with Gasteiger partial charge in [0.05, 0.1) is 18.5 Å². The Morgan fingerprint density at radius 3 is 2.77 bits per heavy atom. The first-order valence-electron chi connectivity index (χ1n) is 10.9. The summed E-state index contributed by atoms with van der Waals surface area (Å²) in [5.41, 5.74) is 0.719. The smallest absolute Gasteiger partial charge is 0.338 e. The highest BCUT2D eigenvalue weighted by Crippen LogP contribution is 2.31. The average Bonchev–Trinajstić information content (AvgIpc) is 3.29. The van der Waals surface area contributed by atoms with Gasteiger partial charge in [-0.05, 0) is 12.1 Å². The van der Waals surface area contributed by atoms with Crippen molar-refractivity contribution < 1.29 is 34.0 Å². The second-order valence-corrected chi connectivity index (χ2v) is 7.70. The number of fused-ring (bicyclic) bond motifs is 1. The van der Waals surface area contributed by atoms with Gasteiger partial charge in [-0.25, -0.2) is 9.78 Å². The van der Waals surface area contributed by atoms with E-state index in [1.54, 1.807) is 37.3 Å². The number of rotatable bonds is 8. The van der Waals surface area contributed by atoms with Crippen molar-refractivity contribution in [3.63, 3.8) is 0 Å². The van der Waals surface area contributed by atoms with Crippen molar-refractivity contribution in [3.05, 3.63) is 54.9 Å². The van der Waals surface area contributed by atoms with Gasteiger partial charge in [0.2, 0.25) is 17.7 Å². The summed E-state index contributed by atoms with van der Waals surface area (Å²) in [6.07, 6.45) is -2.04. The van der Waals surface area contributed by atoms with Crippen LogP contribution in [0.15, 0.2) is 49.3 Å². The largest absolute Gasteiger partial charge is 0.472 e. The van der Waals surface area contributed by atoms with Gasteiger partial charge in [-0.15, -0.1) is 0 Å². The number of nitrogens with zero attached hydrogens (tertiary/aromatic N) is 4. The minimum atomic E-state index is -1.47. The fourth-order valence-electron chi connectivity index (χ4n) is 3.52. The molecule has 1 saturated heterocycles. The molecule has 0 spiro atoms. The molecule has 3 heterocycles. The molecule has 1 aromatic carbocycles. The minimum Gasteiger partial charge on any atom is -0.472 e. The fraction of sp³-hybridized carbons (Fsp3) is 0.348. The Kier molecular flexibility index (Phi) is 7.34. The van der Waals surface area contributed by atoms with Crippen LogP contribution in [0.1, 0.15) is 29.9 Å². The number of hydrogen-bond acceptors (Lipinski definition) is 10. The molecule has 4 atom stereocenters. The maximum absolute atomic E-state index is 12.5. The molecule has 3 aromatic rings. The minimum absolute atomic E-state index is 0.0254. The fourth-order valence-corrected chi connectivity index (χ4v) is 3.52. The topological polar surface area (TPSA) is 158 Å². The van der Waals surface area contributed by atoms with Crippen molar-refractivity contribution in [1.82, 2.24) is 19.5 Å². The Hall–Kier alpha value is -3.87. The van der Waals surface area contributed by atoms with Crippen LogP contribution in [0.25, 0.3) is 11.2 Å². The number of amides is 1. The number of carbonyl (C=O) groups is 2. The van der Waals surface area contributed by atoms with E-state index in [1.165, 1.54) is 17.0 Å². The molecular formula is C23H25N5O7. The van der Waals surface area contributed by atoms with Crippen molar-refractivity contribution >= 4 is 29.0 Å². The summed E-state index contributed by atoms with van der Waals surface area (Å²) in [6, 6.07) is 8.23. The van der Waals surface area contributed by atoms with Crippen LogP contribution < -0.4 is 10.1 Å². The zero-order chi connectivity index (χ0) is 24.9. The number of aromatic nitrogens is 4. The number of nitrogens with one attached hydrogen (secondary N) is 1. The van der Waals surface area contributed by atoms with Gasteiger partial charge in [0.15, 0.2) is 23.5 Å². The molecule has 0 bridgehead atoms. The molecule has 0 aliphatic carbocycles. The lowest BCUT2D eigenvalue weighted by Gasteiger charge is -2.37. The zero-order valence-corrected chi connectivity index (χ0v) is 18.9. The van der Waals surface area contributed by atoms with E-state index in [2.05, 4.69) is 26.8 Å². The highest BCUT2D eigenvalue weighted by atomic mass is 16.6. The summed E-state index contributed by atoms with van der Waals surface area (Å²) < 4.78 is 18.1. The number of aliphatic hydroxyl groups excluding tert-OH is 2. The van der Waals surface area contributed by atoms with Crippen LogP contribution in [0.4, 0.5) is 5.95 Å². The van der Waals surface area contributed by atoms with Gasteiger partial charge in [-0.1, -0.05) is 37.8 Å². The zero-order valence-electron chi connectivity index (χ0n) is 18.9. The normalized spacial score (nSPS) is 21.9. The van der Waals surface area contributed by atoms with Gasteiger partial charge in [-0.2, -0.15) is 9.97 Å². The third kappa shape index (κ3) is 5.14. The number of benzene rings is 1. The van der Waals surface area contributed by atoms with E-state index in [4.69, 9.17) is 14.2 Å². The van der Waals surface area contributed by atoms with Crippen molar-refractivity contribution in [2.24, 2.45) is 0 Å². The third-order valence-corrected chi connectivity index (χ3v) is 5.27. The predicted octanol–water partition coefficient (Wildman–Crippen LogP) is 1.22. The maximum atomic E-state index is 12.5. The van der Waals surface area contributed by atoms with E-state index in [9.17, 15) is 19.8 Å². The maximum Gasteiger partial charge on any atom is 0.338 e. The number of aliphatic hydroxyl groups is 2. The summed E-state index contributed by atoms with van der Waals surface area (Å²) in [5, 5.41) is 24.0. The Morgan fingerprint density at radius 1 is 1.29 bits per heavy atom. The van der Waals surface area contributed by atoms with Gasteiger partial charge in [0.25, 0.3) is 0 Å². The van der Waals surface area contributed by atoms with Crippen LogP contribution in [0.2, 0.25) is 0 Å². The molecule has 2 aromatic heterocycles. The first-order valence-corrected chi connectivity index (χ1v) is 10.9. The summed E-state index contributed by atoms with van der Waals surface area (Å²) in [4.78, 5) is 37.3. The average molecular weight is 483 g/mol. The standard InChI is InChI=1S/C23H25N5O7/c1-3-10-33-20-16-19(26-23(27-20)25-15(30)4-2)28(12-24-16)21-17(31)18(14(29)11-34-21)35-22(32)13-8-6-5-7-9-13/h3,5-9,12,14,17-18,21,29,31H,1,4,10-11H2,2H3,(H,25,26,27,30). The number of imidazole rings is 1. The van der Waals surface area contributed by atoms with Gasteiger partial charge in [0.1, 0.15) is 18.8 Å². The van der Waals surface area contributed by atoms with Crippen molar-refractivity contribution in [2.45, 2.75) is 37.9 Å². The number of hydrogen-bond donors (Lipinski definition) is 3. The van der Waals surface area contributed by atoms with E-state index in [0.29, 0.717) is 0 Å². The number of carbonyl (C=O) groups excluding carboxylic acids is 2. The quantitative estimate of drug-likeness (QED) is 0.314. The van der Waals surface area contributed by atoms with E-state index in [1.807, 2.05) is 0 Å². The molecule has 35 heavy (non-hydrogen) atoms. The van der Waals surface area contributed by atoms with Crippen LogP contribution in [0.3, 0.4) is 0 Å². The summed E-state index contributed by atoms with van der Waals surface area (Å²) in [7, 11) is 0. The van der Waals surface area contributed by atoms with Crippen LogP contribution >= 0.6 is 0 Å². The Balaban J connectivity index is 1.66. The van der Waals surface area contributed by atoms with Crippen molar-refractivity contribution in [3.8, 4) is 5.88 Å². The summed E-state index contributed by atoms with van der Waals surface area (Å²) in [6.45, 7) is 5.20. The summed E-state index contributed by atoms with van der Waals surface area (Å²) in [5.74, 6) is -0.938. The highest BCUT2D eigenvalue weighted by molar-refractivity contribution is 5.90. The van der Waals surface area contributed by atoms with Crippen LogP contribution in [-0.4, -0.2) is 73.1 Å². The molecule has 0 saturated carbocycles. The molecule has 12 nitrogen and oxygen atoms in total. The van der Waals surface area contributed by atoms with Gasteiger partial charge in [-0.3, -0.25) is 14.7 Å². The van der Waals surface area contributed by atoms with Crippen molar-refractivity contribution in [1.29, 1.82) is 0 Å². The first-order chi connectivity index (χ1) is 16.9. The van der Waals surface area contributed by atoms with Crippen LogP contribution in [0, 0.1) is 0 Å². The molecule has 1 fully saturated rings. The molecule has 12 heteroatoms. The molecule has 4 rings (SSSR count). The van der Waals surface area contributed by atoms with E-state index >= 15 is 0 Å². The molecule has 1 aliphatic heterocycles. The number of anilines is 1. The summed E-state index contributed by atoms with van der Waals surface area (Å²) >= 11 is 0. The predicted molar refractivity (Wildman–Crippen MR) is 123 cm³/mol.